The molecule has 0 unspecified atom stereocenters. The van der Waals surface area contributed by atoms with Crippen molar-refractivity contribution in [3.05, 3.63) is 61.1 Å². The van der Waals surface area contributed by atoms with Crippen LogP contribution in [0.5, 0.6) is 5.88 Å². The molecule has 1 aromatic carbocycles. The molecule has 8 heteroatoms. The third kappa shape index (κ3) is 3.67. The van der Waals surface area contributed by atoms with Crippen molar-refractivity contribution in [1.29, 1.82) is 0 Å². The molecule has 0 radical (unpaired) electrons. The predicted molar refractivity (Wildman–Crippen MR) is 114 cm³/mol. The van der Waals surface area contributed by atoms with Gasteiger partial charge >= 0.3 is 6.55 Å². The molecule has 30 heavy (non-hydrogen) atoms. The number of imidazole rings is 1. The third-order valence-electron chi connectivity index (χ3n) is 5.26. The largest absolute Gasteiger partial charge is 0.475 e. The highest BCUT2D eigenvalue weighted by atomic mass is 32.2. The highest BCUT2D eigenvalue weighted by molar-refractivity contribution is 7.99. The van der Waals surface area contributed by atoms with Crippen molar-refractivity contribution in [1.82, 2.24) is 19.2 Å². The number of thioether (sulfide) groups is 1. The topological polar surface area (TPSA) is 44.4 Å². The fourth-order valence-electron chi connectivity index (χ4n) is 3.69. The van der Waals surface area contributed by atoms with E-state index in [2.05, 4.69) is 10.1 Å². The first-order valence-corrected chi connectivity index (χ1v) is 11.0. The van der Waals surface area contributed by atoms with Gasteiger partial charge in [0.05, 0.1) is 18.1 Å². The Hall–Kier alpha value is -2.87. The standard InChI is InChI=1S/C22H20F2N4OS/c23-22(24)27-14-17(12-26-27)15-4-6-16(7-5-15)19-13-25-20-2-1-3-21(28(19)20)29-18-8-10-30-11-9-18/h1-7,12-14,18,22H,8-11H2. The maximum atomic E-state index is 12.8. The molecule has 4 heterocycles. The van der Waals surface area contributed by atoms with E-state index in [-0.39, 0.29) is 6.10 Å². The quantitative estimate of drug-likeness (QED) is 0.421. The predicted octanol–water partition coefficient (Wildman–Crippen LogP) is 5.53. The zero-order valence-corrected chi connectivity index (χ0v) is 16.9. The van der Waals surface area contributed by atoms with Crippen LogP contribution in [0.2, 0.25) is 0 Å². The van der Waals surface area contributed by atoms with Crippen LogP contribution in [0.1, 0.15) is 19.4 Å². The number of hydrogen-bond acceptors (Lipinski definition) is 4. The average Bonchev–Trinajstić information content (AvgIpc) is 3.43. The Morgan fingerprint density at radius 1 is 0.967 bits per heavy atom. The van der Waals surface area contributed by atoms with E-state index in [0.29, 0.717) is 10.2 Å². The van der Waals surface area contributed by atoms with Gasteiger partial charge in [-0.1, -0.05) is 30.3 Å². The molecule has 0 N–H and O–H groups in total. The lowest BCUT2D eigenvalue weighted by Crippen LogP contribution is -2.23. The van der Waals surface area contributed by atoms with Gasteiger partial charge in [0.15, 0.2) is 5.88 Å². The van der Waals surface area contributed by atoms with Gasteiger partial charge in [0.1, 0.15) is 11.8 Å². The summed E-state index contributed by atoms with van der Waals surface area (Å²) < 4.78 is 34.6. The highest BCUT2D eigenvalue weighted by Crippen LogP contribution is 2.30. The summed E-state index contributed by atoms with van der Waals surface area (Å²) in [6.07, 6.45) is 6.95. The van der Waals surface area contributed by atoms with E-state index >= 15 is 0 Å². The van der Waals surface area contributed by atoms with E-state index in [0.717, 1.165) is 52.7 Å². The molecule has 1 saturated heterocycles. The molecule has 3 aromatic heterocycles. The monoisotopic (exact) mass is 426 g/mol. The molecule has 154 valence electrons. The summed E-state index contributed by atoms with van der Waals surface area (Å²) in [6.45, 7) is -2.64. The number of nitrogens with zero attached hydrogens (tertiary/aromatic N) is 4. The number of hydrogen-bond donors (Lipinski definition) is 0. The zero-order valence-electron chi connectivity index (χ0n) is 16.1. The second-order valence-corrected chi connectivity index (χ2v) is 8.42. The summed E-state index contributed by atoms with van der Waals surface area (Å²) >= 11 is 1.97. The summed E-state index contributed by atoms with van der Waals surface area (Å²) in [5.74, 6) is 3.04. The minimum absolute atomic E-state index is 0.223. The summed E-state index contributed by atoms with van der Waals surface area (Å²) in [7, 11) is 0. The lowest BCUT2D eigenvalue weighted by Gasteiger charge is -2.23. The smallest absolute Gasteiger partial charge is 0.333 e. The van der Waals surface area contributed by atoms with Gasteiger partial charge in [-0.15, -0.1) is 0 Å². The Kier molecular flexibility index (Phi) is 5.16. The van der Waals surface area contributed by atoms with Crippen LogP contribution < -0.4 is 4.74 Å². The van der Waals surface area contributed by atoms with E-state index in [9.17, 15) is 8.78 Å². The Bertz CT molecular complexity index is 1150. The molecule has 0 atom stereocenters. The highest BCUT2D eigenvalue weighted by Gasteiger charge is 2.18. The van der Waals surface area contributed by atoms with Crippen molar-refractivity contribution in [2.75, 3.05) is 11.5 Å². The van der Waals surface area contributed by atoms with Crippen molar-refractivity contribution < 1.29 is 13.5 Å². The number of halogens is 2. The molecule has 4 aromatic rings. The number of benzene rings is 1. The second-order valence-electron chi connectivity index (χ2n) is 7.19. The maximum Gasteiger partial charge on any atom is 0.333 e. The van der Waals surface area contributed by atoms with Crippen LogP contribution in [0.25, 0.3) is 28.0 Å². The number of ether oxygens (including phenoxy) is 1. The maximum absolute atomic E-state index is 12.8. The van der Waals surface area contributed by atoms with Gasteiger partial charge in [0.25, 0.3) is 0 Å². The molecule has 5 nitrogen and oxygen atoms in total. The van der Waals surface area contributed by atoms with Gasteiger partial charge < -0.3 is 4.74 Å². The minimum atomic E-state index is -2.64. The Morgan fingerprint density at radius 2 is 1.73 bits per heavy atom. The van der Waals surface area contributed by atoms with Crippen LogP contribution in [0.3, 0.4) is 0 Å². The first kappa shape index (κ1) is 19.1. The van der Waals surface area contributed by atoms with Crippen LogP contribution >= 0.6 is 11.8 Å². The number of rotatable bonds is 5. The van der Waals surface area contributed by atoms with E-state index in [1.54, 1.807) is 0 Å². The number of alkyl halides is 2. The Labute approximate surface area is 176 Å². The number of fused-ring (bicyclic) bond motifs is 1. The van der Waals surface area contributed by atoms with Gasteiger partial charge in [-0.05, 0) is 42.0 Å². The lowest BCUT2D eigenvalue weighted by atomic mass is 10.1. The second kappa shape index (κ2) is 8.10. The molecule has 0 amide bonds. The molecule has 0 aliphatic carbocycles. The van der Waals surface area contributed by atoms with E-state index < -0.39 is 6.55 Å². The molecular weight excluding hydrogens is 406 g/mol. The first-order valence-electron chi connectivity index (χ1n) is 9.83. The van der Waals surface area contributed by atoms with Gasteiger partial charge in [-0.25, -0.2) is 9.67 Å². The zero-order chi connectivity index (χ0) is 20.5. The lowest BCUT2D eigenvalue weighted by molar-refractivity contribution is 0.0566. The molecule has 5 rings (SSSR count). The molecule has 0 bridgehead atoms. The molecular formula is C22H20F2N4OS. The van der Waals surface area contributed by atoms with E-state index in [4.69, 9.17) is 4.74 Å². The van der Waals surface area contributed by atoms with Crippen molar-refractivity contribution in [3.8, 4) is 28.3 Å². The molecule has 1 aliphatic rings. The molecule has 0 spiro atoms. The van der Waals surface area contributed by atoms with Crippen molar-refractivity contribution >= 4 is 17.4 Å². The number of aromatic nitrogens is 4. The summed E-state index contributed by atoms with van der Waals surface area (Å²) in [5.41, 5.74) is 4.22. The van der Waals surface area contributed by atoms with E-state index in [1.807, 2.05) is 64.8 Å². The summed E-state index contributed by atoms with van der Waals surface area (Å²) in [5, 5.41) is 3.71. The van der Waals surface area contributed by atoms with Crippen molar-refractivity contribution in [2.45, 2.75) is 25.5 Å². The summed E-state index contributed by atoms with van der Waals surface area (Å²) in [4.78, 5) is 4.53. The fourth-order valence-corrected chi connectivity index (χ4v) is 4.76. The average molecular weight is 426 g/mol. The van der Waals surface area contributed by atoms with Crippen LogP contribution in [-0.4, -0.2) is 36.8 Å². The van der Waals surface area contributed by atoms with Crippen molar-refractivity contribution in [2.24, 2.45) is 0 Å². The minimum Gasteiger partial charge on any atom is -0.475 e. The first-order chi connectivity index (χ1) is 14.7. The van der Waals surface area contributed by atoms with E-state index in [1.165, 1.54) is 12.4 Å². The number of pyridine rings is 1. The van der Waals surface area contributed by atoms with Gasteiger partial charge in [0.2, 0.25) is 0 Å². The summed E-state index contributed by atoms with van der Waals surface area (Å²) in [6, 6.07) is 13.6. The van der Waals surface area contributed by atoms with Crippen LogP contribution in [0.15, 0.2) is 61.1 Å². The van der Waals surface area contributed by atoms with Gasteiger partial charge in [0, 0.05) is 17.3 Å². The van der Waals surface area contributed by atoms with Gasteiger partial charge in [-0.2, -0.15) is 25.6 Å². The van der Waals surface area contributed by atoms with Crippen molar-refractivity contribution in [3.63, 3.8) is 0 Å². The Balaban J connectivity index is 1.46. The van der Waals surface area contributed by atoms with Crippen LogP contribution in [0, 0.1) is 0 Å². The molecule has 1 aliphatic heterocycles. The van der Waals surface area contributed by atoms with Crippen LogP contribution in [0.4, 0.5) is 8.78 Å². The SMILES string of the molecule is FC(F)n1cc(-c2ccc(-c3cnc4cccc(OC5CCSCC5)n34)cc2)cn1. The Morgan fingerprint density at radius 3 is 2.47 bits per heavy atom. The van der Waals surface area contributed by atoms with Crippen LogP contribution in [-0.2, 0) is 0 Å². The molecule has 0 saturated carbocycles. The molecule has 1 fully saturated rings. The third-order valence-corrected chi connectivity index (χ3v) is 6.31. The fraction of sp³-hybridized carbons (Fsp3) is 0.273. The normalized spacial score (nSPS) is 15.2. The van der Waals surface area contributed by atoms with Gasteiger partial charge in [-0.3, -0.25) is 4.40 Å².